The average Bonchev–Trinajstić information content (AvgIpc) is 2.31. The molecule has 1 rings (SSSR count). The van der Waals surface area contributed by atoms with Gasteiger partial charge in [-0.3, -0.25) is 9.69 Å². The molecule has 4 heteroatoms. The third-order valence-electron chi connectivity index (χ3n) is 2.71. The first kappa shape index (κ1) is 13.7. The van der Waals surface area contributed by atoms with E-state index in [1.54, 1.807) is 0 Å². The minimum Gasteiger partial charge on any atom is -0.355 e. The first-order chi connectivity index (χ1) is 8.19. The number of carbonyl (C=O) groups is 1. The van der Waals surface area contributed by atoms with Crippen molar-refractivity contribution >= 4 is 5.91 Å². The topological polar surface area (TPSA) is 58.4 Å². The molecular formula is C13H21N3O. The highest BCUT2D eigenvalue weighted by atomic mass is 16.2. The molecule has 4 nitrogen and oxygen atoms in total. The smallest absolute Gasteiger partial charge is 0.234 e. The van der Waals surface area contributed by atoms with Gasteiger partial charge in [-0.05, 0) is 19.5 Å². The van der Waals surface area contributed by atoms with Crippen LogP contribution in [0.4, 0.5) is 0 Å². The molecule has 0 aliphatic rings. The van der Waals surface area contributed by atoms with Gasteiger partial charge in [0.2, 0.25) is 5.91 Å². The molecule has 0 bridgehead atoms. The Morgan fingerprint density at radius 2 is 2.06 bits per heavy atom. The van der Waals surface area contributed by atoms with Crippen LogP contribution in [0.25, 0.3) is 0 Å². The zero-order chi connectivity index (χ0) is 12.7. The summed E-state index contributed by atoms with van der Waals surface area (Å²) in [6.07, 6.45) is 0. The fraction of sp³-hybridized carbons (Fsp3) is 0.462. The van der Waals surface area contributed by atoms with Crippen molar-refractivity contribution < 1.29 is 4.79 Å². The quantitative estimate of drug-likeness (QED) is 0.765. The van der Waals surface area contributed by atoms with Crippen LogP contribution in [0.15, 0.2) is 30.3 Å². The Balaban J connectivity index is 2.65. The van der Waals surface area contributed by atoms with Crippen LogP contribution >= 0.6 is 0 Å². The van der Waals surface area contributed by atoms with Crippen LogP contribution in [0.2, 0.25) is 0 Å². The predicted octanol–water partition coefficient (Wildman–Crippen LogP) is 0.754. The summed E-state index contributed by atoms with van der Waals surface area (Å²) in [5, 5.41) is 2.79. The van der Waals surface area contributed by atoms with E-state index in [9.17, 15) is 4.79 Å². The Morgan fingerprint density at radius 3 is 2.59 bits per heavy atom. The van der Waals surface area contributed by atoms with Gasteiger partial charge in [0.05, 0.1) is 6.54 Å². The second-order valence-corrected chi connectivity index (χ2v) is 4.03. The fourth-order valence-corrected chi connectivity index (χ4v) is 1.84. The lowest BCUT2D eigenvalue weighted by Gasteiger charge is -2.26. The molecule has 0 aliphatic heterocycles. The third-order valence-corrected chi connectivity index (χ3v) is 2.71. The van der Waals surface area contributed by atoms with Crippen LogP contribution in [0.5, 0.6) is 0 Å². The molecule has 0 radical (unpaired) electrons. The third kappa shape index (κ3) is 4.17. The monoisotopic (exact) mass is 235 g/mol. The van der Waals surface area contributed by atoms with Crippen molar-refractivity contribution in [1.29, 1.82) is 0 Å². The predicted molar refractivity (Wildman–Crippen MR) is 69.6 cm³/mol. The molecule has 1 unspecified atom stereocenters. The van der Waals surface area contributed by atoms with Crippen molar-refractivity contribution in [3.05, 3.63) is 35.9 Å². The number of likely N-dealkylation sites (N-methyl/N-ethyl adjacent to an activating group) is 2. The van der Waals surface area contributed by atoms with Crippen molar-refractivity contribution in [1.82, 2.24) is 10.2 Å². The van der Waals surface area contributed by atoms with Gasteiger partial charge in [0, 0.05) is 19.1 Å². The number of hydrogen-bond acceptors (Lipinski definition) is 3. The molecule has 1 aromatic rings. The number of nitrogens with zero attached hydrogens (tertiary/aromatic N) is 1. The number of amides is 1. The number of nitrogens with one attached hydrogen (secondary N) is 1. The van der Waals surface area contributed by atoms with Crippen molar-refractivity contribution in [3.63, 3.8) is 0 Å². The largest absolute Gasteiger partial charge is 0.355 e. The first-order valence-electron chi connectivity index (χ1n) is 5.91. The van der Waals surface area contributed by atoms with Crippen LogP contribution in [-0.4, -0.2) is 37.5 Å². The molecule has 1 amide bonds. The minimum absolute atomic E-state index is 0.0318. The van der Waals surface area contributed by atoms with Gasteiger partial charge in [0.1, 0.15) is 0 Å². The summed E-state index contributed by atoms with van der Waals surface area (Å²) in [5.74, 6) is 0.0318. The highest BCUT2D eigenvalue weighted by molar-refractivity contribution is 5.77. The Labute approximate surface area is 103 Å². The zero-order valence-electron chi connectivity index (χ0n) is 10.5. The summed E-state index contributed by atoms with van der Waals surface area (Å²) < 4.78 is 0. The van der Waals surface area contributed by atoms with Crippen LogP contribution < -0.4 is 11.1 Å². The van der Waals surface area contributed by atoms with Gasteiger partial charge in [-0.2, -0.15) is 0 Å². The molecule has 0 saturated carbocycles. The maximum atomic E-state index is 11.5. The SMILES string of the molecule is CCNC(=O)CN(C)C(CN)c1ccccc1. The first-order valence-corrected chi connectivity index (χ1v) is 5.91. The zero-order valence-corrected chi connectivity index (χ0v) is 10.5. The van der Waals surface area contributed by atoms with E-state index < -0.39 is 0 Å². The Bertz CT molecular complexity index is 340. The van der Waals surface area contributed by atoms with Crippen LogP contribution in [-0.2, 0) is 4.79 Å². The Hall–Kier alpha value is -1.39. The number of nitrogens with two attached hydrogens (primary N) is 1. The number of benzene rings is 1. The van der Waals surface area contributed by atoms with Crippen molar-refractivity contribution in [2.75, 3.05) is 26.7 Å². The molecule has 0 spiro atoms. The van der Waals surface area contributed by atoms with Gasteiger partial charge < -0.3 is 11.1 Å². The van der Waals surface area contributed by atoms with E-state index in [4.69, 9.17) is 5.73 Å². The second-order valence-electron chi connectivity index (χ2n) is 4.03. The Morgan fingerprint density at radius 1 is 1.41 bits per heavy atom. The lowest BCUT2D eigenvalue weighted by Crippen LogP contribution is -2.39. The van der Waals surface area contributed by atoms with Crippen molar-refractivity contribution in [2.24, 2.45) is 5.73 Å². The van der Waals surface area contributed by atoms with E-state index in [0.29, 0.717) is 19.6 Å². The van der Waals surface area contributed by atoms with E-state index >= 15 is 0 Å². The lowest BCUT2D eigenvalue weighted by molar-refractivity contribution is -0.122. The van der Waals surface area contributed by atoms with Crippen LogP contribution in [0.1, 0.15) is 18.5 Å². The maximum absolute atomic E-state index is 11.5. The average molecular weight is 235 g/mol. The van der Waals surface area contributed by atoms with E-state index in [-0.39, 0.29) is 11.9 Å². The Kier molecular flexibility index (Phi) is 5.66. The van der Waals surface area contributed by atoms with E-state index in [2.05, 4.69) is 5.32 Å². The van der Waals surface area contributed by atoms with E-state index in [1.165, 1.54) is 0 Å². The molecule has 0 fully saturated rings. The molecule has 0 heterocycles. The summed E-state index contributed by atoms with van der Waals surface area (Å²) >= 11 is 0. The molecule has 94 valence electrons. The number of hydrogen-bond donors (Lipinski definition) is 2. The molecule has 17 heavy (non-hydrogen) atoms. The van der Waals surface area contributed by atoms with Crippen molar-refractivity contribution in [2.45, 2.75) is 13.0 Å². The fourth-order valence-electron chi connectivity index (χ4n) is 1.84. The summed E-state index contributed by atoms with van der Waals surface area (Å²) in [6, 6.07) is 10.1. The summed E-state index contributed by atoms with van der Waals surface area (Å²) in [7, 11) is 1.92. The molecule has 3 N–H and O–H groups in total. The van der Waals surface area contributed by atoms with Gasteiger partial charge >= 0.3 is 0 Å². The summed E-state index contributed by atoms with van der Waals surface area (Å²) in [6.45, 7) is 3.44. The van der Waals surface area contributed by atoms with E-state index in [1.807, 2.05) is 49.2 Å². The summed E-state index contributed by atoms with van der Waals surface area (Å²) in [5.41, 5.74) is 6.92. The van der Waals surface area contributed by atoms with Crippen LogP contribution in [0.3, 0.4) is 0 Å². The maximum Gasteiger partial charge on any atom is 0.234 e. The van der Waals surface area contributed by atoms with Gasteiger partial charge in [-0.15, -0.1) is 0 Å². The number of rotatable bonds is 6. The van der Waals surface area contributed by atoms with Crippen LogP contribution in [0, 0.1) is 0 Å². The van der Waals surface area contributed by atoms with E-state index in [0.717, 1.165) is 5.56 Å². The minimum atomic E-state index is 0.0318. The molecule has 1 aromatic carbocycles. The lowest BCUT2D eigenvalue weighted by atomic mass is 10.1. The van der Waals surface area contributed by atoms with Gasteiger partial charge in [0.15, 0.2) is 0 Å². The highest BCUT2D eigenvalue weighted by Gasteiger charge is 2.17. The van der Waals surface area contributed by atoms with Gasteiger partial charge in [-0.1, -0.05) is 30.3 Å². The summed E-state index contributed by atoms with van der Waals surface area (Å²) in [4.78, 5) is 13.5. The molecule has 0 aromatic heterocycles. The highest BCUT2D eigenvalue weighted by Crippen LogP contribution is 2.17. The molecular weight excluding hydrogens is 214 g/mol. The molecule has 1 atom stereocenters. The second kappa shape index (κ2) is 7.04. The van der Waals surface area contributed by atoms with Gasteiger partial charge in [-0.25, -0.2) is 0 Å². The standard InChI is InChI=1S/C13H21N3O/c1-3-15-13(17)10-16(2)12(9-14)11-7-5-4-6-8-11/h4-8,12H,3,9-10,14H2,1-2H3,(H,15,17). The number of carbonyl (C=O) groups excluding carboxylic acids is 1. The van der Waals surface area contributed by atoms with Crippen molar-refractivity contribution in [3.8, 4) is 0 Å². The van der Waals surface area contributed by atoms with Gasteiger partial charge in [0.25, 0.3) is 0 Å². The molecule has 0 aliphatic carbocycles. The normalized spacial score (nSPS) is 12.5. The molecule has 0 saturated heterocycles.